The Morgan fingerprint density at radius 3 is 2.31 bits per heavy atom. The SMILES string of the molecule is C[C@H](CCC(=O)OCC(=O)c1ccc2ccc3cccc4ccc1c2c34)[C@H]1CC[C@H]2[C@@H]3[C@H](O)C[C@@H]4C[C@H](OS(=O)(=O)O)CC[C@]4(C)[C@H]3C[C@H](O)[C@]12C. The minimum atomic E-state index is -4.55. The van der Waals surface area contributed by atoms with Crippen LogP contribution in [0.2, 0.25) is 0 Å². The fourth-order valence-electron chi connectivity index (χ4n) is 12.2. The van der Waals surface area contributed by atoms with Crippen LogP contribution in [0, 0.1) is 46.3 Å². The second-order valence-corrected chi connectivity index (χ2v) is 18.1. The smallest absolute Gasteiger partial charge is 0.397 e. The summed E-state index contributed by atoms with van der Waals surface area (Å²) in [6.45, 7) is 6.24. The number of aliphatic hydroxyl groups excluding tert-OH is 2. The van der Waals surface area contributed by atoms with Gasteiger partial charge in [0.05, 0.1) is 18.3 Å². The zero-order valence-electron chi connectivity index (χ0n) is 30.2. The molecule has 0 aromatic heterocycles. The summed E-state index contributed by atoms with van der Waals surface area (Å²) in [6, 6.07) is 18.2. The number of hydrogen-bond acceptors (Lipinski definition) is 8. The normalized spacial score (nSPS) is 35.3. The first-order chi connectivity index (χ1) is 24.7. The van der Waals surface area contributed by atoms with E-state index in [-0.39, 0.29) is 59.7 Å². The lowest BCUT2D eigenvalue weighted by atomic mass is 9.43. The molecule has 4 saturated carbocycles. The third-order valence-corrected chi connectivity index (χ3v) is 15.3. The van der Waals surface area contributed by atoms with Crippen LogP contribution in [0.15, 0.2) is 54.6 Å². The summed E-state index contributed by atoms with van der Waals surface area (Å²) in [5, 5.41) is 30.0. The molecular weight excluding hydrogens is 681 g/mol. The fraction of sp³-hybridized carbons (Fsp3) is 0.571. The number of ketones is 1. The Balaban J connectivity index is 0.906. The van der Waals surface area contributed by atoms with Gasteiger partial charge in [-0.25, -0.2) is 4.18 Å². The molecule has 278 valence electrons. The lowest BCUT2D eigenvalue weighted by Crippen LogP contribution is -2.62. The number of Topliss-reactive ketones (excluding diaryl/α,β-unsaturated/α-hetero) is 1. The third-order valence-electron chi connectivity index (χ3n) is 14.8. The van der Waals surface area contributed by atoms with Crippen molar-refractivity contribution in [3.63, 3.8) is 0 Å². The van der Waals surface area contributed by atoms with Crippen molar-refractivity contribution in [3.05, 3.63) is 60.2 Å². The number of rotatable bonds is 9. The summed E-state index contributed by atoms with van der Waals surface area (Å²) in [4.78, 5) is 26.5. The van der Waals surface area contributed by atoms with Gasteiger partial charge >= 0.3 is 16.4 Å². The Hall–Kier alpha value is -3.15. The van der Waals surface area contributed by atoms with E-state index in [1.165, 1.54) is 0 Å². The Bertz CT molecular complexity index is 2110. The molecule has 3 N–H and O–H groups in total. The predicted molar refractivity (Wildman–Crippen MR) is 198 cm³/mol. The van der Waals surface area contributed by atoms with E-state index in [0.29, 0.717) is 44.1 Å². The second-order valence-electron chi connectivity index (χ2n) is 17.1. The van der Waals surface area contributed by atoms with Crippen LogP contribution in [0.1, 0.15) is 88.9 Å². The summed E-state index contributed by atoms with van der Waals surface area (Å²) in [5.74, 6) is -0.0657. The maximum atomic E-state index is 13.4. The first kappa shape index (κ1) is 35.9. The number of esters is 1. The van der Waals surface area contributed by atoms with Crippen LogP contribution >= 0.6 is 0 Å². The Labute approximate surface area is 305 Å². The van der Waals surface area contributed by atoms with E-state index in [2.05, 4.69) is 45.0 Å². The van der Waals surface area contributed by atoms with E-state index in [0.717, 1.165) is 45.2 Å². The highest BCUT2D eigenvalue weighted by atomic mass is 32.3. The molecule has 0 amide bonds. The van der Waals surface area contributed by atoms with E-state index in [1.807, 2.05) is 30.3 Å². The monoisotopic (exact) mass is 730 g/mol. The maximum Gasteiger partial charge on any atom is 0.397 e. The molecule has 0 aliphatic heterocycles. The second kappa shape index (κ2) is 13.0. The molecule has 0 unspecified atom stereocenters. The van der Waals surface area contributed by atoms with Crippen LogP contribution in [0.3, 0.4) is 0 Å². The molecule has 4 aromatic rings. The molecule has 0 saturated heterocycles. The minimum Gasteiger partial charge on any atom is -0.457 e. The number of ether oxygens (including phenoxy) is 1. The number of fused-ring (bicyclic) bond motifs is 5. The number of benzene rings is 4. The molecule has 4 fully saturated rings. The standard InChI is InChI=1S/C42H50O9S/c1-23(7-16-37(46)50-22-35(44)29-12-10-26-9-8-24-5-4-6-25-11-13-30(29)39(26)38(24)25)31-14-15-32-40-33(21-36(45)42(31,32)3)41(2)18-17-28(51-52(47,48)49)19-27(41)20-34(40)43/h4-6,8-13,23,27-28,31-34,36,40,43,45H,7,14-22H2,1-3H3,(H,47,48,49)/t23-,27+,28-,31-,32+,33+,34-,36+,40+,41+,42-/m1/s1. The van der Waals surface area contributed by atoms with Crippen LogP contribution in [-0.4, -0.2) is 59.9 Å². The van der Waals surface area contributed by atoms with Crippen LogP contribution in [0.5, 0.6) is 0 Å². The highest BCUT2D eigenvalue weighted by Gasteiger charge is 2.65. The zero-order chi connectivity index (χ0) is 36.7. The van der Waals surface area contributed by atoms with Gasteiger partial charge in [-0.15, -0.1) is 0 Å². The Morgan fingerprint density at radius 1 is 0.885 bits per heavy atom. The predicted octanol–water partition coefficient (Wildman–Crippen LogP) is 7.51. The summed E-state index contributed by atoms with van der Waals surface area (Å²) >= 11 is 0. The lowest BCUT2D eigenvalue weighted by molar-refractivity contribution is -0.206. The lowest BCUT2D eigenvalue weighted by Gasteiger charge is -2.63. The van der Waals surface area contributed by atoms with Gasteiger partial charge in [-0.1, -0.05) is 75.4 Å². The molecule has 8 rings (SSSR count). The zero-order valence-corrected chi connectivity index (χ0v) is 31.0. The molecule has 11 atom stereocenters. The minimum absolute atomic E-state index is 0.0293. The molecule has 4 aliphatic rings. The van der Waals surface area contributed by atoms with E-state index in [9.17, 15) is 32.8 Å². The van der Waals surface area contributed by atoms with Crippen LogP contribution < -0.4 is 0 Å². The maximum absolute atomic E-state index is 13.4. The van der Waals surface area contributed by atoms with Crippen molar-refractivity contribution in [1.29, 1.82) is 0 Å². The molecule has 4 aromatic carbocycles. The highest BCUT2D eigenvalue weighted by Crippen LogP contribution is 2.68. The van der Waals surface area contributed by atoms with Gasteiger partial charge in [-0.05, 0) is 130 Å². The Morgan fingerprint density at radius 2 is 1.58 bits per heavy atom. The first-order valence-corrected chi connectivity index (χ1v) is 20.4. The molecule has 0 heterocycles. The highest BCUT2D eigenvalue weighted by molar-refractivity contribution is 7.80. The van der Waals surface area contributed by atoms with Gasteiger partial charge in [0.1, 0.15) is 0 Å². The topological polar surface area (TPSA) is 147 Å². The van der Waals surface area contributed by atoms with Gasteiger partial charge in [0, 0.05) is 12.0 Å². The van der Waals surface area contributed by atoms with Crippen molar-refractivity contribution in [3.8, 4) is 0 Å². The number of carbonyl (C=O) groups is 2. The largest absolute Gasteiger partial charge is 0.457 e. The van der Waals surface area contributed by atoms with Gasteiger partial charge in [-0.3, -0.25) is 14.1 Å². The average Bonchev–Trinajstić information content (AvgIpc) is 3.47. The van der Waals surface area contributed by atoms with Gasteiger partial charge < -0.3 is 14.9 Å². The number of aliphatic hydroxyl groups is 2. The first-order valence-electron chi connectivity index (χ1n) is 19.1. The van der Waals surface area contributed by atoms with Crippen molar-refractivity contribution in [2.24, 2.45) is 46.3 Å². The summed E-state index contributed by atoms with van der Waals surface area (Å²) in [7, 11) is -4.55. The van der Waals surface area contributed by atoms with Crippen molar-refractivity contribution >= 4 is 54.5 Å². The quantitative estimate of drug-likeness (QED) is 0.0689. The van der Waals surface area contributed by atoms with Crippen LogP contribution in [0.25, 0.3) is 32.3 Å². The van der Waals surface area contributed by atoms with Gasteiger partial charge in [0.2, 0.25) is 5.78 Å². The number of carbonyl (C=O) groups excluding carboxylic acids is 2. The molecule has 4 aliphatic carbocycles. The Kier molecular flexibility index (Phi) is 8.97. The molecule has 9 nitrogen and oxygen atoms in total. The molecular formula is C42H50O9S. The van der Waals surface area contributed by atoms with Crippen LogP contribution in [0.4, 0.5) is 0 Å². The van der Waals surface area contributed by atoms with Crippen LogP contribution in [-0.2, 0) is 24.1 Å². The van der Waals surface area contributed by atoms with E-state index >= 15 is 0 Å². The summed E-state index contributed by atoms with van der Waals surface area (Å²) in [5.41, 5.74) is -0.0374. The summed E-state index contributed by atoms with van der Waals surface area (Å²) < 4.78 is 42.6. The summed E-state index contributed by atoms with van der Waals surface area (Å²) in [6.07, 6.45) is 3.60. The van der Waals surface area contributed by atoms with E-state index in [1.54, 1.807) is 0 Å². The van der Waals surface area contributed by atoms with Gasteiger partial charge in [0.25, 0.3) is 0 Å². The van der Waals surface area contributed by atoms with Crippen molar-refractivity contribution in [2.45, 2.75) is 96.9 Å². The fourth-order valence-corrected chi connectivity index (χ4v) is 12.7. The third kappa shape index (κ3) is 5.84. The van der Waals surface area contributed by atoms with E-state index < -0.39 is 40.1 Å². The van der Waals surface area contributed by atoms with Gasteiger partial charge in [0.15, 0.2) is 6.61 Å². The van der Waals surface area contributed by atoms with Crippen molar-refractivity contribution in [1.82, 2.24) is 0 Å². The number of hydrogen-bond donors (Lipinski definition) is 3. The van der Waals surface area contributed by atoms with Crippen molar-refractivity contribution < 1.29 is 41.7 Å². The van der Waals surface area contributed by atoms with E-state index in [4.69, 9.17) is 8.92 Å². The molecule has 0 spiro atoms. The molecule has 0 radical (unpaired) electrons. The van der Waals surface area contributed by atoms with Crippen molar-refractivity contribution in [2.75, 3.05) is 6.61 Å². The molecule has 52 heavy (non-hydrogen) atoms. The average molecular weight is 731 g/mol. The molecule has 10 heteroatoms. The van der Waals surface area contributed by atoms with Gasteiger partial charge in [-0.2, -0.15) is 8.42 Å². The molecule has 0 bridgehead atoms.